The van der Waals surface area contributed by atoms with E-state index in [1.54, 1.807) is 32.8 Å². The van der Waals surface area contributed by atoms with Crippen LogP contribution in [0.2, 0.25) is 5.02 Å². The normalized spacial score (nSPS) is 18.2. The lowest BCUT2D eigenvalue weighted by Gasteiger charge is -2.39. The lowest BCUT2D eigenvalue weighted by Crippen LogP contribution is -2.51. The Morgan fingerprint density at radius 1 is 1.07 bits per heavy atom. The van der Waals surface area contributed by atoms with Crippen molar-refractivity contribution in [1.29, 1.82) is 0 Å². The Balaban J connectivity index is 1.24. The number of fused-ring (bicyclic) bond motifs is 3. The first-order valence-electron chi connectivity index (χ1n) is 17.4. The molecule has 0 radical (unpaired) electrons. The van der Waals surface area contributed by atoms with E-state index in [0.717, 1.165) is 16.6 Å². The largest absolute Gasteiger partial charge is 0.504 e. The molecule has 3 aliphatic rings. The van der Waals surface area contributed by atoms with Crippen molar-refractivity contribution < 1.29 is 37.4 Å². The highest BCUT2D eigenvalue weighted by molar-refractivity contribution is 6.33. The molecule has 21 heteroatoms. The van der Waals surface area contributed by atoms with Crippen LogP contribution in [0.1, 0.15) is 58.9 Å². The van der Waals surface area contributed by atoms with Crippen molar-refractivity contribution in [2.75, 3.05) is 63.6 Å². The number of urea groups is 1. The summed E-state index contributed by atoms with van der Waals surface area (Å²) in [5, 5.41) is 17.3. The molecular formula is C34H37ClF3N11O6. The molecule has 4 amide bonds. The molecular weight excluding hydrogens is 751 g/mol. The van der Waals surface area contributed by atoms with Crippen molar-refractivity contribution in [3.63, 3.8) is 0 Å². The SMILES string of the molecule is Cc1ncnc(C(=O)N2CCC3(CC2)O[C@H](C)c2c3c(=O)n3nc(N4CCN(C(=O)N(C)C)CC4)nc3n2CC(=O)Nc2ccc(C(F)(F)F)cc2Cl)c1O. The maximum Gasteiger partial charge on any atom is 0.416 e. The maximum atomic E-state index is 14.5. The average molecular weight is 788 g/mol. The minimum absolute atomic E-state index is 0.0222. The fourth-order valence-electron chi connectivity index (χ4n) is 7.38. The van der Waals surface area contributed by atoms with Gasteiger partial charge in [-0.15, -0.1) is 5.10 Å². The topological polar surface area (TPSA) is 184 Å². The number of likely N-dealkylation sites (tertiary alicyclic amines) is 1. The molecule has 2 fully saturated rings. The molecule has 7 rings (SSSR count). The molecule has 0 bridgehead atoms. The van der Waals surface area contributed by atoms with Crippen LogP contribution in [0, 0.1) is 6.92 Å². The molecule has 2 saturated heterocycles. The molecule has 3 aromatic heterocycles. The lowest BCUT2D eigenvalue weighted by molar-refractivity contribution is -0.137. The fraction of sp³-hybridized carbons (Fsp3) is 0.471. The average Bonchev–Trinajstić information content (AvgIpc) is 3.71. The van der Waals surface area contributed by atoms with Crippen molar-refractivity contribution in [2.24, 2.45) is 0 Å². The van der Waals surface area contributed by atoms with Gasteiger partial charge in [-0.25, -0.2) is 14.8 Å². The van der Waals surface area contributed by atoms with Crippen molar-refractivity contribution in [3.8, 4) is 5.75 Å². The molecule has 1 atom stereocenters. The number of nitrogens with zero attached hydrogens (tertiary/aromatic N) is 10. The zero-order valence-electron chi connectivity index (χ0n) is 30.2. The Bertz CT molecular complexity index is 2260. The van der Waals surface area contributed by atoms with E-state index in [1.165, 1.54) is 20.7 Å². The molecule has 55 heavy (non-hydrogen) atoms. The highest BCUT2D eigenvalue weighted by Crippen LogP contribution is 2.48. The number of halogens is 4. The van der Waals surface area contributed by atoms with E-state index in [9.17, 15) is 37.5 Å². The predicted octanol–water partition coefficient (Wildman–Crippen LogP) is 3.03. The second-order valence-corrected chi connectivity index (χ2v) is 14.3. The van der Waals surface area contributed by atoms with Gasteiger partial charge in [-0.05, 0) is 44.9 Å². The molecule has 17 nitrogen and oxygen atoms in total. The molecule has 2 N–H and O–H groups in total. The monoisotopic (exact) mass is 787 g/mol. The summed E-state index contributed by atoms with van der Waals surface area (Å²) >= 11 is 6.15. The number of carbonyl (C=O) groups excluding carboxylic acids is 3. The first kappa shape index (κ1) is 37.8. The molecule has 0 aliphatic carbocycles. The van der Waals surface area contributed by atoms with Gasteiger partial charge in [-0.3, -0.25) is 14.4 Å². The summed E-state index contributed by atoms with van der Waals surface area (Å²) in [7, 11) is 3.33. The zero-order chi connectivity index (χ0) is 39.6. The van der Waals surface area contributed by atoms with E-state index in [1.807, 2.05) is 4.90 Å². The Morgan fingerprint density at radius 2 is 1.76 bits per heavy atom. The van der Waals surface area contributed by atoms with Crippen LogP contribution in [-0.2, 0) is 27.9 Å². The summed E-state index contributed by atoms with van der Waals surface area (Å²) in [4.78, 5) is 73.2. The van der Waals surface area contributed by atoms with Gasteiger partial charge in [0.25, 0.3) is 11.5 Å². The Kier molecular flexibility index (Phi) is 9.60. The highest BCUT2D eigenvalue weighted by atomic mass is 35.5. The number of benzene rings is 1. The Labute approximate surface area is 316 Å². The third-order valence-corrected chi connectivity index (χ3v) is 10.5. The molecule has 1 spiro atoms. The van der Waals surface area contributed by atoms with Crippen LogP contribution in [-0.4, -0.2) is 120 Å². The Morgan fingerprint density at radius 3 is 2.40 bits per heavy atom. The molecule has 1 aromatic carbocycles. The number of piperazine rings is 1. The van der Waals surface area contributed by atoms with E-state index < -0.39 is 47.4 Å². The molecule has 0 saturated carbocycles. The van der Waals surface area contributed by atoms with Crippen molar-refractivity contribution in [2.45, 2.75) is 51.1 Å². The number of hydrogen-bond donors (Lipinski definition) is 2. The smallest absolute Gasteiger partial charge is 0.416 e. The number of aryl methyl sites for hydroxylation is 1. The van der Waals surface area contributed by atoms with Gasteiger partial charge in [0.15, 0.2) is 11.4 Å². The summed E-state index contributed by atoms with van der Waals surface area (Å²) < 4.78 is 49.0. The van der Waals surface area contributed by atoms with E-state index in [-0.39, 0.29) is 77.1 Å². The number of alkyl halides is 3. The van der Waals surface area contributed by atoms with Gasteiger partial charge in [0, 0.05) is 53.4 Å². The summed E-state index contributed by atoms with van der Waals surface area (Å²) in [5.74, 6) is -1.29. The van der Waals surface area contributed by atoms with Gasteiger partial charge < -0.3 is 39.3 Å². The van der Waals surface area contributed by atoms with Crippen molar-refractivity contribution >= 4 is 46.9 Å². The molecule has 292 valence electrons. The maximum absolute atomic E-state index is 14.5. The number of aromatic hydroxyl groups is 1. The second kappa shape index (κ2) is 14.0. The fourth-order valence-corrected chi connectivity index (χ4v) is 7.60. The van der Waals surface area contributed by atoms with E-state index in [4.69, 9.17) is 21.3 Å². The summed E-state index contributed by atoms with van der Waals surface area (Å²) in [6, 6.07) is 2.43. The number of ether oxygens (including phenoxy) is 1. The van der Waals surface area contributed by atoms with Crippen LogP contribution in [0.3, 0.4) is 0 Å². The van der Waals surface area contributed by atoms with E-state index in [0.29, 0.717) is 37.9 Å². The number of rotatable bonds is 5. The molecule has 4 aromatic rings. The van der Waals surface area contributed by atoms with Gasteiger partial charge in [-0.2, -0.15) is 22.7 Å². The van der Waals surface area contributed by atoms with Gasteiger partial charge >= 0.3 is 12.2 Å². The van der Waals surface area contributed by atoms with Crippen molar-refractivity contribution in [3.05, 3.63) is 68.1 Å². The van der Waals surface area contributed by atoms with Gasteiger partial charge in [0.1, 0.15) is 18.5 Å². The third-order valence-electron chi connectivity index (χ3n) is 10.2. The molecule has 0 unspecified atom stereocenters. The minimum Gasteiger partial charge on any atom is -0.504 e. The summed E-state index contributed by atoms with van der Waals surface area (Å²) in [6.07, 6.45) is -3.83. The van der Waals surface area contributed by atoms with Crippen LogP contribution in [0.25, 0.3) is 5.78 Å². The quantitative estimate of drug-likeness (QED) is 0.303. The first-order chi connectivity index (χ1) is 26.0. The molecule has 3 aliphatic heterocycles. The van der Waals surface area contributed by atoms with Crippen molar-refractivity contribution in [1.82, 2.24) is 43.8 Å². The number of aromatic nitrogens is 6. The summed E-state index contributed by atoms with van der Waals surface area (Å²) in [5.41, 5.74) is -2.06. The zero-order valence-corrected chi connectivity index (χ0v) is 31.0. The van der Waals surface area contributed by atoms with Crippen LogP contribution >= 0.6 is 11.6 Å². The number of carbonyl (C=O) groups is 3. The van der Waals surface area contributed by atoms with Gasteiger partial charge in [-0.1, -0.05) is 11.6 Å². The number of anilines is 2. The number of amides is 4. The standard InChI is InChI=1S/C34H37ClF3N11O6/c1-18-27(51)25(40-17-39-18)29(53)45-9-7-33(8-10-45)24-26(19(2)55-33)48(16-23(50)41-22-6-5-20(15-21(22)35)34(36,37)38)31-42-30(43-49(31)28(24)52)46-11-13-47(14-12-46)32(54)44(3)4/h5-6,15,17,19,51H,7-14,16H2,1-4H3,(H,41,50)/t19-/m1/s1. The van der Waals surface area contributed by atoms with E-state index >= 15 is 0 Å². The first-order valence-corrected chi connectivity index (χ1v) is 17.8. The number of piperidine rings is 1. The highest BCUT2D eigenvalue weighted by Gasteiger charge is 2.51. The number of nitrogens with one attached hydrogen (secondary N) is 1. The second-order valence-electron chi connectivity index (χ2n) is 13.9. The molecule has 6 heterocycles. The van der Waals surface area contributed by atoms with Crippen LogP contribution in [0.15, 0.2) is 29.3 Å². The lowest BCUT2D eigenvalue weighted by atomic mass is 9.85. The van der Waals surface area contributed by atoms with E-state index in [2.05, 4.69) is 20.4 Å². The summed E-state index contributed by atoms with van der Waals surface area (Å²) in [6.45, 7) is 4.58. The number of hydrogen-bond acceptors (Lipinski definition) is 11. The van der Waals surface area contributed by atoms with Gasteiger partial charge in [0.05, 0.1) is 39.3 Å². The van der Waals surface area contributed by atoms with Crippen LogP contribution in [0.5, 0.6) is 5.75 Å². The third kappa shape index (κ3) is 6.77. The van der Waals surface area contributed by atoms with Crippen LogP contribution < -0.4 is 15.8 Å². The Hall–Kier alpha value is -5.50. The van der Waals surface area contributed by atoms with Crippen LogP contribution in [0.4, 0.5) is 29.6 Å². The minimum atomic E-state index is -4.64. The van der Waals surface area contributed by atoms with Gasteiger partial charge in [0.2, 0.25) is 17.6 Å². The predicted molar refractivity (Wildman–Crippen MR) is 190 cm³/mol.